The fourth-order valence-corrected chi connectivity index (χ4v) is 6.35. The Bertz CT molecular complexity index is 2170. The van der Waals surface area contributed by atoms with Crippen molar-refractivity contribution >= 4 is 30.1 Å². The zero-order valence-corrected chi connectivity index (χ0v) is 31.3. The second-order valence-corrected chi connectivity index (χ2v) is 13.9. The first-order valence-electron chi connectivity index (χ1n) is 18.2. The Kier molecular flexibility index (Phi) is 13.4. The topological polar surface area (TPSA) is 362 Å². The lowest BCUT2D eigenvalue weighted by Gasteiger charge is -2.40. The van der Waals surface area contributed by atoms with Gasteiger partial charge in [0, 0.05) is 18.2 Å². The van der Waals surface area contributed by atoms with Crippen molar-refractivity contribution < 1.29 is 109 Å². The van der Waals surface area contributed by atoms with Gasteiger partial charge in [-0.25, -0.2) is 4.79 Å². The number of ether oxygens (including phenoxy) is 7. The molecular weight excluding hydrogens is 820 g/mol. The van der Waals surface area contributed by atoms with Gasteiger partial charge >= 0.3 is 17.9 Å². The Morgan fingerprint density at radius 1 is 0.672 bits per heavy atom. The third-order valence-electron chi connectivity index (χ3n) is 9.58. The van der Waals surface area contributed by atoms with E-state index in [2.05, 4.69) is 4.74 Å². The molecule has 22 heteroatoms. The van der Waals surface area contributed by atoms with E-state index in [-0.39, 0.29) is 34.1 Å². The molecule has 1 unspecified atom stereocenters. The fourth-order valence-electron chi connectivity index (χ4n) is 6.35. The Morgan fingerprint density at radius 2 is 1.30 bits per heavy atom. The quantitative estimate of drug-likeness (QED) is 0.0317. The van der Waals surface area contributed by atoms with Gasteiger partial charge in [-0.15, -0.1) is 0 Å². The number of rotatable bonds is 13. The second kappa shape index (κ2) is 18.5. The number of carbonyl (C=O) groups is 3. The molecule has 328 valence electrons. The molecule has 0 bridgehead atoms. The molecule has 11 atom stereocenters. The summed E-state index contributed by atoms with van der Waals surface area (Å²) >= 11 is 0. The summed E-state index contributed by atoms with van der Waals surface area (Å²) in [6.07, 6.45) is -16.9. The molecule has 0 amide bonds. The van der Waals surface area contributed by atoms with Crippen LogP contribution in [0, 0.1) is 0 Å². The minimum atomic E-state index is -1.96. The van der Waals surface area contributed by atoms with Gasteiger partial charge in [0.2, 0.25) is 12.6 Å². The standard InChI is InChI=1S/C39H40O22/c40-17-9-21(43)18-11-25(59-39-36(54)34(52)32(50)27(61-39)14-56-30(48)12-28(45)46)37(57-23(18)10-17)16-3-5-20(42)24(8-16)58-38-35(53)33(51)31(49)26(60-38)13-55-29(47)6-2-15-1-4-19(41)22(44)7-15/h1-11,26-27,31-44,49-54H,12-14H2,(H,45,46)/p+1/b6-2+/t26-,27-,31+,32+,33-,34+,35+,36-,37?,38+,39+/m0/s1. The summed E-state index contributed by atoms with van der Waals surface area (Å²) in [5.74, 6) is -6.43. The van der Waals surface area contributed by atoms with E-state index < -0.39 is 128 Å². The summed E-state index contributed by atoms with van der Waals surface area (Å²) in [5.41, 5.74) is 0.453. The number of hydrogen-bond donors (Lipinski definition) is 12. The maximum absolute atomic E-state index is 12.4. The van der Waals surface area contributed by atoms with Gasteiger partial charge in [-0.3, -0.25) is 9.59 Å². The zero-order valence-electron chi connectivity index (χ0n) is 31.3. The van der Waals surface area contributed by atoms with E-state index in [1.165, 1.54) is 48.6 Å². The van der Waals surface area contributed by atoms with Gasteiger partial charge < -0.3 is 94.4 Å². The molecule has 6 rings (SSSR count). The summed E-state index contributed by atoms with van der Waals surface area (Å²) in [5, 5.41) is 124. The number of esters is 2. The molecule has 0 spiro atoms. The normalized spacial score (nSPS) is 28.5. The Morgan fingerprint density at radius 3 is 1.93 bits per heavy atom. The van der Waals surface area contributed by atoms with Crippen molar-refractivity contribution in [3.05, 3.63) is 77.1 Å². The van der Waals surface area contributed by atoms with Gasteiger partial charge in [0.1, 0.15) is 85.5 Å². The van der Waals surface area contributed by atoms with Crippen LogP contribution >= 0.6 is 0 Å². The van der Waals surface area contributed by atoms with Crippen molar-refractivity contribution in [1.82, 2.24) is 0 Å². The zero-order chi connectivity index (χ0) is 44.3. The molecule has 2 saturated heterocycles. The van der Waals surface area contributed by atoms with Gasteiger partial charge in [-0.05, 0) is 42.0 Å². The highest BCUT2D eigenvalue weighted by Crippen LogP contribution is 2.46. The summed E-state index contributed by atoms with van der Waals surface area (Å²) in [7, 11) is 0. The van der Waals surface area contributed by atoms with E-state index in [0.717, 1.165) is 18.2 Å². The lowest BCUT2D eigenvalue weighted by molar-refractivity contribution is -0.296. The predicted octanol–water partition coefficient (Wildman–Crippen LogP) is -1.16. The van der Waals surface area contributed by atoms with Crippen molar-refractivity contribution in [3.8, 4) is 40.2 Å². The van der Waals surface area contributed by atoms with Crippen molar-refractivity contribution in [2.75, 3.05) is 13.2 Å². The number of aliphatic hydroxyl groups is 7. The number of carboxylic acids is 1. The third kappa shape index (κ3) is 10.2. The number of hydrogen-bond acceptors (Lipinski definition) is 20. The summed E-state index contributed by atoms with van der Waals surface area (Å²) in [6, 6.07) is 9.61. The number of carbonyl (C=O) groups excluding carboxylic acids is 2. The molecule has 3 aliphatic heterocycles. The van der Waals surface area contributed by atoms with Crippen molar-refractivity contribution in [1.29, 1.82) is 0 Å². The molecule has 2 fully saturated rings. The highest BCUT2D eigenvalue weighted by atomic mass is 16.7. The summed E-state index contributed by atoms with van der Waals surface area (Å²) < 4.78 is 37.5. The monoisotopic (exact) mass is 861 g/mol. The van der Waals surface area contributed by atoms with Crippen LogP contribution in [-0.4, -0.2) is 159 Å². The van der Waals surface area contributed by atoms with Crippen molar-refractivity contribution in [2.24, 2.45) is 0 Å². The fraction of sp³-hybridized carbons (Fsp3) is 0.359. The van der Waals surface area contributed by atoms with Crippen molar-refractivity contribution in [3.63, 3.8) is 0 Å². The predicted molar refractivity (Wildman–Crippen MR) is 198 cm³/mol. The first-order valence-corrected chi connectivity index (χ1v) is 18.2. The van der Waals surface area contributed by atoms with E-state index in [1.54, 1.807) is 0 Å². The molecule has 3 aromatic rings. The Labute approximate surface area is 343 Å². The molecule has 61 heavy (non-hydrogen) atoms. The van der Waals surface area contributed by atoms with Gasteiger partial charge in [0.25, 0.3) is 11.9 Å². The van der Waals surface area contributed by atoms with E-state index in [1.807, 2.05) is 0 Å². The van der Waals surface area contributed by atoms with Crippen LogP contribution < -0.4 is 4.74 Å². The summed E-state index contributed by atoms with van der Waals surface area (Å²) in [4.78, 5) is 35.1. The SMILES string of the molecule is O=C(O)CC(=O)OC[C@@H]1O[C@@H](OC2=Cc3c(O)cc(O)cc3[OH+]C2c2ccc(O)c(O[C@@H]3O[C@@H](COC(=O)/C=C/c4ccc(O)c(O)c4)[C@@H](O)[C@H](O)[C@H]3O)c2)[C@@H](O)[C@H](O)[C@@H]1O. The van der Waals surface area contributed by atoms with E-state index >= 15 is 0 Å². The third-order valence-corrected chi connectivity index (χ3v) is 9.58. The average Bonchev–Trinajstić information content (AvgIpc) is 3.21. The van der Waals surface area contributed by atoms with Crippen LogP contribution in [-0.2, 0) is 38.1 Å². The molecule has 3 aliphatic rings. The largest absolute Gasteiger partial charge is 0.571 e. The van der Waals surface area contributed by atoms with E-state index in [9.17, 15) is 70.6 Å². The number of phenols is 5. The molecule has 3 heterocycles. The van der Waals surface area contributed by atoms with Crippen LogP contribution in [0.25, 0.3) is 12.2 Å². The lowest BCUT2D eigenvalue weighted by Crippen LogP contribution is -2.60. The molecule has 13 N–H and O–H groups in total. The second-order valence-electron chi connectivity index (χ2n) is 13.9. The number of benzene rings is 3. The minimum Gasteiger partial charge on any atom is -0.571 e. The highest BCUT2D eigenvalue weighted by molar-refractivity contribution is 5.90. The maximum Gasteiger partial charge on any atom is 0.330 e. The smallest absolute Gasteiger partial charge is 0.330 e. The molecular formula is C39H41O22+. The number of aliphatic hydroxyl groups excluding tert-OH is 6. The summed E-state index contributed by atoms with van der Waals surface area (Å²) in [6.45, 7) is -1.43. The van der Waals surface area contributed by atoms with Crippen LogP contribution in [0.4, 0.5) is 0 Å². The molecule has 0 aromatic heterocycles. The van der Waals surface area contributed by atoms with Crippen LogP contribution in [0.1, 0.15) is 29.2 Å². The van der Waals surface area contributed by atoms with Crippen LogP contribution in [0.3, 0.4) is 0 Å². The van der Waals surface area contributed by atoms with E-state index in [4.69, 9.17) is 33.5 Å². The number of aliphatic carboxylic acids is 1. The molecule has 3 aromatic carbocycles. The highest BCUT2D eigenvalue weighted by Gasteiger charge is 2.48. The minimum absolute atomic E-state index is 0.0116. The van der Waals surface area contributed by atoms with Gasteiger partial charge in [-0.1, -0.05) is 6.07 Å². The van der Waals surface area contributed by atoms with Crippen LogP contribution in [0.2, 0.25) is 0 Å². The van der Waals surface area contributed by atoms with Gasteiger partial charge in [0.15, 0.2) is 28.8 Å². The first-order chi connectivity index (χ1) is 28.9. The average molecular weight is 862 g/mol. The lowest BCUT2D eigenvalue weighted by atomic mass is 9.98. The molecule has 22 nitrogen and oxygen atoms in total. The Balaban J connectivity index is 1.21. The van der Waals surface area contributed by atoms with Crippen LogP contribution in [0.5, 0.6) is 40.2 Å². The van der Waals surface area contributed by atoms with Crippen molar-refractivity contribution in [2.45, 2.75) is 73.9 Å². The Hall–Kier alpha value is -6.37. The van der Waals surface area contributed by atoms with Crippen LogP contribution in [0.15, 0.2) is 60.4 Å². The van der Waals surface area contributed by atoms with Gasteiger partial charge in [0.05, 0.1) is 11.6 Å². The number of aromatic hydroxyl groups is 6. The molecule has 0 radical (unpaired) electrons. The number of fused-ring (bicyclic) bond motifs is 1. The van der Waals surface area contributed by atoms with Gasteiger partial charge in [-0.2, -0.15) is 0 Å². The molecule has 0 aliphatic carbocycles. The first kappa shape index (κ1) is 44.2. The number of carboxylic acid groups (broad SMARTS) is 1. The maximum atomic E-state index is 12.4. The molecule has 0 saturated carbocycles. The van der Waals surface area contributed by atoms with E-state index in [0.29, 0.717) is 5.56 Å². The number of phenolic OH excluding ortho intramolecular Hbond substituents is 5.